The molecule has 0 radical (unpaired) electrons. The van der Waals surface area contributed by atoms with Gasteiger partial charge in [0.25, 0.3) is 0 Å². The predicted molar refractivity (Wildman–Crippen MR) is 72.4 cm³/mol. The Bertz CT molecular complexity index is 490. The molecule has 3 rings (SSSR count). The Kier molecular flexibility index (Phi) is 3.42. The number of fused-ring (bicyclic) bond motifs is 1. The minimum absolute atomic E-state index is 0.554. The Labute approximate surface area is 108 Å². The predicted octanol–water partition coefficient (Wildman–Crippen LogP) is 2.62. The van der Waals surface area contributed by atoms with Crippen LogP contribution in [0.3, 0.4) is 0 Å². The SMILES string of the molecule is c1ccc2c(c1)CCC2NCCCc1ncc[nH]1. The van der Waals surface area contributed by atoms with E-state index in [1.165, 1.54) is 24.0 Å². The molecule has 0 fully saturated rings. The molecule has 1 aromatic carbocycles. The van der Waals surface area contributed by atoms with Gasteiger partial charge in [0, 0.05) is 24.9 Å². The fourth-order valence-electron chi connectivity index (χ4n) is 2.74. The van der Waals surface area contributed by atoms with Crippen molar-refractivity contribution in [1.29, 1.82) is 0 Å². The maximum absolute atomic E-state index is 4.24. The van der Waals surface area contributed by atoms with Crippen LogP contribution in [0.15, 0.2) is 36.7 Å². The summed E-state index contributed by atoms with van der Waals surface area (Å²) in [4.78, 5) is 7.38. The van der Waals surface area contributed by atoms with Gasteiger partial charge < -0.3 is 10.3 Å². The van der Waals surface area contributed by atoms with Gasteiger partial charge in [0.2, 0.25) is 0 Å². The van der Waals surface area contributed by atoms with Crippen LogP contribution in [0.2, 0.25) is 0 Å². The first-order chi connectivity index (χ1) is 8.93. The lowest BCUT2D eigenvalue weighted by Crippen LogP contribution is -2.20. The fourth-order valence-corrected chi connectivity index (χ4v) is 2.74. The van der Waals surface area contributed by atoms with Gasteiger partial charge in [-0.1, -0.05) is 24.3 Å². The first-order valence-electron chi connectivity index (χ1n) is 6.73. The third kappa shape index (κ3) is 2.46. The van der Waals surface area contributed by atoms with Gasteiger partial charge in [0.1, 0.15) is 5.82 Å². The second-order valence-electron chi connectivity index (χ2n) is 4.88. The lowest BCUT2D eigenvalue weighted by Gasteiger charge is -2.13. The first kappa shape index (κ1) is 11.5. The molecule has 94 valence electrons. The molecule has 3 nitrogen and oxygen atoms in total. The number of nitrogens with one attached hydrogen (secondary N) is 2. The van der Waals surface area contributed by atoms with Crippen molar-refractivity contribution >= 4 is 0 Å². The van der Waals surface area contributed by atoms with Crippen molar-refractivity contribution in [3.8, 4) is 0 Å². The van der Waals surface area contributed by atoms with Crippen LogP contribution < -0.4 is 5.32 Å². The quantitative estimate of drug-likeness (QED) is 0.790. The van der Waals surface area contributed by atoms with Crippen LogP contribution in [0.5, 0.6) is 0 Å². The van der Waals surface area contributed by atoms with Crippen molar-refractivity contribution in [2.45, 2.75) is 31.7 Å². The van der Waals surface area contributed by atoms with Crippen LogP contribution in [0.4, 0.5) is 0 Å². The van der Waals surface area contributed by atoms with Crippen molar-refractivity contribution in [3.05, 3.63) is 53.6 Å². The number of imidazole rings is 1. The molecule has 1 aromatic heterocycles. The van der Waals surface area contributed by atoms with Crippen molar-refractivity contribution in [2.24, 2.45) is 0 Å². The maximum Gasteiger partial charge on any atom is 0.106 e. The van der Waals surface area contributed by atoms with Gasteiger partial charge in [-0.2, -0.15) is 0 Å². The van der Waals surface area contributed by atoms with E-state index >= 15 is 0 Å². The number of hydrogen-bond acceptors (Lipinski definition) is 2. The summed E-state index contributed by atoms with van der Waals surface area (Å²) in [7, 11) is 0. The molecule has 0 amide bonds. The summed E-state index contributed by atoms with van der Waals surface area (Å²) in [5.74, 6) is 1.09. The highest BCUT2D eigenvalue weighted by Crippen LogP contribution is 2.30. The molecule has 1 aliphatic carbocycles. The van der Waals surface area contributed by atoms with Crippen LogP contribution in [-0.4, -0.2) is 16.5 Å². The van der Waals surface area contributed by atoms with E-state index in [1.54, 1.807) is 0 Å². The summed E-state index contributed by atoms with van der Waals surface area (Å²) in [5, 5.41) is 3.66. The topological polar surface area (TPSA) is 40.7 Å². The Morgan fingerprint density at radius 1 is 1.33 bits per heavy atom. The van der Waals surface area contributed by atoms with Gasteiger partial charge in [-0.3, -0.25) is 0 Å². The first-order valence-corrected chi connectivity index (χ1v) is 6.73. The number of hydrogen-bond donors (Lipinski definition) is 2. The van der Waals surface area contributed by atoms with Gasteiger partial charge in [-0.25, -0.2) is 4.98 Å². The number of aryl methyl sites for hydroxylation is 2. The largest absolute Gasteiger partial charge is 0.349 e. The van der Waals surface area contributed by atoms with E-state index in [-0.39, 0.29) is 0 Å². The van der Waals surface area contributed by atoms with Gasteiger partial charge in [-0.15, -0.1) is 0 Å². The molecule has 0 bridgehead atoms. The molecular formula is C15H19N3. The minimum Gasteiger partial charge on any atom is -0.349 e. The van der Waals surface area contributed by atoms with Crippen LogP contribution in [0.25, 0.3) is 0 Å². The third-order valence-corrected chi connectivity index (χ3v) is 3.67. The molecule has 0 saturated heterocycles. The zero-order chi connectivity index (χ0) is 12.2. The Balaban J connectivity index is 1.47. The Hall–Kier alpha value is -1.61. The summed E-state index contributed by atoms with van der Waals surface area (Å²) in [6.45, 7) is 1.06. The van der Waals surface area contributed by atoms with Crippen molar-refractivity contribution in [2.75, 3.05) is 6.54 Å². The van der Waals surface area contributed by atoms with E-state index in [2.05, 4.69) is 39.6 Å². The number of aromatic amines is 1. The van der Waals surface area contributed by atoms with Gasteiger partial charge >= 0.3 is 0 Å². The monoisotopic (exact) mass is 241 g/mol. The van der Waals surface area contributed by atoms with Crippen LogP contribution in [-0.2, 0) is 12.8 Å². The smallest absolute Gasteiger partial charge is 0.106 e. The molecule has 3 heteroatoms. The Morgan fingerprint density at radius 3 is 3.17 bits per heavy atom. The van der Waals surface area contributed by atoms with Crippen molar-refractivity contribution in [1.82, 2.24) is 15.3 Å². The van der Waals surface area contributed by atoms with Crippen LogP contribution in [0, 0.1) is 0 Å². The van der Waals surface area contributed by atoms with E-state index in [9.17, 15) is 0 Å². The summed E-state index contributed by atoms with van der Waals surface area (Å²) < 4.78 is 0. The van der Waals surface area contributed by atoms with E-state index in [4.69, 9.17) is 0 Å². The zero-order valence-electron chi connectivity index (χ0n) is 10.5. The second-order valence-corrected chi connectivity index (χ2v) is 4.88. The third-order valence-electron chi connectivity index (χ3n) is 3.67. The van der Waals surface area contributed by atoms with E-state index in [0.717, 1.165) is 25.2 Å². The normalized spacial score (nSPS) is 17.9. The van der Waals surface area contributed by atoms with Crippen molar-refractivity contribution < 1.29 is 0 Å². The number of rotatable bonds is 5. The molecule has 18 heavy (non-hydrogen) atoms. The molecule has 1 unspecified atom stereocenters. The Morgan fingerprint density at radius 2 is 2.28 bits per heavy atom. The average molecular weight is 241 g/mol. The number of aromatic nitrogens is 2. The number of nitrogens with zero attached hydrogens (tertiary/aromatic N) is 1. The molecule has 1 atom stereocenters. The molecule has 0 aliphatic heterocycles. The standard InChI is InChI=1S/C15H19N3/c1-2-5-13-12(4-1)7-8-14(13)16-9-3-6-15-17-10-11-18-15/h1-2,4-5,10-11,14,16H,3,6-9H2,(H,17,18). The number of H-pyrrole nitrogens is 1. The lowest BCUT2D eigenvalue weighted by atomic mass is 10.1. The highest BCUT2D eigenvalue weighted by Gasteiger charge is 2.20. The molecule has 0 spiro atoms. The molecule has 2 aromatic rings. The van der Waals surface area contributed by atoms with Gasteiger partial charge in [0.05, 0.1) is 0 Å². The molecule has 0 saturated carbocycles. The summed E-state index contributed by atoms with van der Waals surface area (Å²) in [5.41, 5.74) is 3.01. The van der Waals surface area contributed by atoms with Gasteiger partial charge in [0.15, 0.2) is 0 Å². The summed E-state index contributed by atoms with van der Waals surface area (Å²) >= 11 is 0. The van der Waals surface area contributed by atoms with E-state index < -0.39 is 0 Å². The van der Waals surface area contributed by atoms with Crippen molar-refractivity contribution in [3.63, 3.8) is 0 Å². The highest BCUT2D eigenvalue weighted by atomic mass is 14.9. The fraction of sp³-hybridized carbons (Fsp3) is 0.400. The molecule has 1 aliphatic rings. The summed E-state index contributed by atoms with van der Waals surface area (Å²) in [6, 6.07) is 9.34. The van der Waals surface area contributed by atoms with Gasteiger partial charge in [-0.05, 0) is 36.9 Å². The maximum atomic E-state index is 4.24. The molecule has 1 heterocycles. The van der Waals surface area contributed by atoms with E-state index in [0.29, 0.717) is 6.04 Å². The van der Waals surface area contributed by atoms with E-state index in [1.807, 2.05) is 12.4 Å². The molecular weight excluding hydrogens is 222 g/mol. The minimum atomic E-state index is 0.554. The lowest BCUT2D eigenvalue weighted by molar-refractivity contribution is 0.518. The average Bonchev–Trinajstić information content (AvgIpc) is 3.04. The second kappa shape index (κ2) is 5.36. The zero-order valence-corrected chi connectivity index (χ0v) is 10.5. The summed E-state index contributed by atoms with van der Waals surface area (Å²) in [6.07, 6.45) is 8.30. The number of benzene rings is 1. The molecule has 2 N–H and O–H groups in total. The van der Waals surface area contributed by atoms with Crippen LogP contribution >= 0.6 is 0 Å². The van der Waals surface area contributed by atoms with Crippen LogP contribution in [0.1, 0.15) is 35.8 Å². The highest BCUT2D eigenvalue weighted by molar-refractivity contribution is 5.34.